The van der Waals surface area contributed by atoms with E-state index >= 15 is 0 Å². The van der Waals surface area contributed by atoms with Crippen molar-refractivity contribution in [1.29, 1.82) is 0 Å². The van der Waals surface area contributed by atoms with Gasteiger partial charge in [-0.05, 0) is 36.8 Å². The van der Waals surface area contributed by atoms with Crippen molar-refractivity contribution in [2.75, 3.05) is 13.6 Å². The number of hydrogen-bond donors (Lipinski definition) is 0. The van der Waals surface area contributed by atoms with Crippen molar-refractivity contribution in [3.05, 3.63) is 47.2 Å². The molecule has 0 saturated heterocycles. The molecule has 3 heteroatoms. The van der Waals surface area contributed by atoms with Crippen LogP contribution in [0.4, 0.5) is 0 Å². The predicted molar refractivity (Wildman–Crippen MR) is 84.4 cm³/mol. The van der Waals surface area contributed by atoms with Crippen LogP contribution in [0.15, 0.2) is 47.2 Å². The average molecular weight is 427 g/mol. The number of rotatable bonds is 1. The van der Waals surface area contributed by atoms with Crippen molar-refractivity contribution >= 4 is 37.2 Å². The van der Waals surface area contributed by atoms with Crippen LogP contribution in [0.2, 0.25) is 0 Å². The lowest BCUT2D eigenvalue weighted by atomic mass is 10.1. The maximum atomic E-state index is 2.30. The van der Waals surface area contributed by atoms with E-state index in [-0.39, 0.29) is 0 Å². The molecule has 1 heterocycles. The first-order valence-corrected chi connectivity index (χ1v) is 11.1. The molecule has 0 saturated carbocycles. The van der Waals surface area contributed by atoms with E-state index in [4.69, 9.17) is 0 Å². The molecule has 0 aromatic rings. The normalized spacial score (nSPS) is 21.3. The zero-order valence-electron chi connectivity index (χ0n) is 9.00. The van der Waals surface area contributed by atoms with Gasteiger partial charge < -0.3 is 4.90 Å². The Balaban J connectivity index is 0.000000531. The lowest BCUT2D eigenvalue weighted by Crippen LogP contribution is -2.06. The van der Waals surface area contributed by atoms with Gasteiger partial charge in [-0.2, -0.15) is 0 Å². The van der Waals surface area contributed by atoms with Gasteiger partial charge in [-0.25, -0.2) is 0 Å². The van der Waals surface area contributed by atoms with Crippen LogP contribution in [0.25, 0.3) is 0 Å². The zero-order chi connectivity index (χ0) is 11.3. The SMILES string of the molecule is CC1=CC=C(C=C2C=CN(C)C2)C1.II. The van der Waals surface area contributed by atoms with E-state index in [1.807, 2.05) is 0 Å². The largest absolute Gasteiger partial charge is 0.376 e. The van der Waals surface area contributed by atoms with Crippen molar-refractivity contribution in [2.45, 2.75) is 13.3 Å². The molecule has 0 amide bonds. The molecule has 0 N–H and O–H groups in total. The van der Waals surface area contributed by atoms with Gasteiger partial charge >= 0.3 is 0 Å². The molecular formula is C12H15I2N. The van der Waals surface area contributed by atoms with Crippen LogP contribution in [0, 0.1) is 0 Å². The molecule has 0 aromatic carbocycles. The van der Waals surface area contributed by atoms with Crippen LogP contribution in [0.3, 0.4) is 0 Å². The third-order valence-corrected chi connectivity index (χ3v) is 2.41. The summed E-state index contributed by atoms with van der Waals surface area (Å²) in [5, 5.41) is 0. The third-order valence-electron chi connectivity index (χ3n) is 2.41. The first-order valence-electron chi connectivity index (χ1n) is 4.84. The summed E-state index contributed by atoms with van der Waals surface area (Å²) < 4.78 is 0. The van der Waals surface area contributed by atoms with Crippen molar-refractivity contribution in [3.8, 4) is 0 Å². The van der Waals surface area contributed by atoms with Crippen LogP contribution in [-0.2, 0) is 0 Å². The molecule has 0 fully saturated rings. The van der Waals surface area contributed by atoms with Crippen molar-refractivity contribution in [3.63, 3.8) is 0 Å². The molecule has 0 atom stereocenters. The van der Waals surface area contributed by atoms with Crippen molar-refractivity contribution in [2.24, 2.45) is 0 Å². The fourth-order valence-corrected chi connectivity index (χ4v) is 1.74. The van der Waals surface area contributed by atoms with Gasteiger partial charge in [-0.1, -0.05) is 23.8 Å². The van der Waals surface area contributed by atoms with Crippen LogP contribution in [0.5, 0.6) is 0 Å². The smallest absolute Gasteiger partial charge is 0.0421 e. The second-order valence-electron chi connectivity index (χ2n) is 3.88. The topological polar surface area (TPSA) is 3.24 Å². The second-order valence-corrected chi connectivity index (χ2v) is 3.88. The molecule has 0 bridgehead atoms. The van der Waals surface area contributed by atoms with E-state index in [0.29, 0.717) is 0 Å². The Bertz CT molecular complexity index is 338. The molecule has 1 aliphatic heterocycles. The maximum Gasteiger partial charge on any atom is 0.0421 e. The van der Waals surface area contributed by atoms with Crippen LogP contribution < -0.4 is 0 Å². The Morgan fingerprint density at radius 2 is 2.07 bits per heavy atom. The highest BCUT2D eigenvalue weighted by molar-refractivity contribution is 15.0. The van der Waals surface area contributed by atoms with Crippen LogP contribution >= 0.6 is 37.2 Å². The van der Waals surface area contributed by atoms with Gasteiger partial charge in [0.2, 0.25) is 0 Å². The predicted octanol–water partition coefficient (Wildman–Crippen LogP) is 4.42. The lowest BCUT2D eigenvalue weighted by molar-refractivity contribution is 0.523. The van der Waals surface area contributed by atoms with Crippen LogP contribution in [-0.4, -0.2) is 18.5 Å². The molecule has 1 nitrogen and oxygen atoms in total. The van der Waals surface area contributed by atoms with E-state index in [1.54, 1.807) is 0 Å². The Kier molecular flexibility index (Phi) is 5.96. The minimum Gasteiger partial charge on any atom is -0.376 e. The summed E-state index contributed by atoms with van der Waals surface area (Å²) in [6.45, 7) is 3.23. The summed E-state index contributed by atoms with van der Waals surface area (Å²) >= 11 is 4.24. The van der Waals surface area contributed by atoms with Gasteiger partial charge in [-0.15, -0.1) is 0 Å². The van der Waals surface area contributed by atoms with Gasteiger partial charge in [0.15, 0.2) is 0 Å². The van der Waals surface area contributed by atoms with Gasteiger partial charge in [0.25, 0.3) is 0 Å². The minimum atomic E-state index is 1.05. The summed E-state index contributed by atoms with van der Waals surface area (Å²) in [5.41, 5.74) is 4.31. The molecule has 15 heavy (non-hydrogen) atoms. The van der Waals surface area contributed by atoms with Gasteiger partial charge in [-0.3, -0.25) is 0 Å². The molecule has 2 aliphatic rings. The average Bonchev–Trinajstić information content (AvgIpc) is 2.80. The standard InChI is InChI=1S/C12H15N.I2/c1-10-3-4-11(7-10)8-12-5-6-13(2)9-12;1-2/h3-6,8H,7,9H2,1-2H3;. The number of nitrogens with zero attached hydrogens (tertiary/aromatic N) is 1. The fourth-order valence-electron chi connectivity index (χ4n) is 1.74. The highest BCUT2D eigenvalue weighted by atomic mass is 128. The summed E-state index contributed by atoms with van der Waals surface area (Å²) in [6, 6.07) is 0. The van der Waals surface area contributed by atoms with Gasteiger partial charge in [0, 0.05) is 50.8 Å². The van der Waals surface area contributed by atoms with E-state index in [1.165, 1.54) is 16.7 Å². The Labute approximate surface area is 115 Å². The van der Waals surface area contributed by atoms with E-state index in [2.05, 4.69) is 86.6 Å². The number of halogens is 2. The highest BCUT2D eigenvalue weighted by Gasteiger charge is 2.07. The Morgan fingerprint density at radius 1 is 1.33 bits per heavy atom. The summed E-state index contributed by atoms with van der Waals surface area (Å²) in [5.74, 6) is 0. The summed E-state index contributed by atoms with van der Waals surface area (Å²) in [6.07, 6.45) is 12.2. The van der Waals surface area contributed by atoms with Crippen LogP contribution in [0.1, 0.15) is 13.3 Å². The van der Waals surface area contributed by atoms with Crippen molar-refractivity contribution < 1.29 is 0 Å². The molecule has 0 unspecified atom stereocenters. The molecule has 1 aliphatic carbocycles. The van der Waals surface area contributed by atoms with E-state index in [9.17, 15) is 0 Å². The fraction of sp³-hybridized carbons (Fsp3) is 0.333. The molecule has 0 aromatic heterocycles. The Morgan fingerprint density at radius 3 is 2.53 bits per heavy atom. The first kappa shape index (κ1) is 13.3. The maximum absolute atomic E-state index is 2.30. The first-order chi connectivity index (χ1) is 7.24. The van der Waals surface area contributed by atoms with Crippen molar-refractivity contribution in [1.82, 2.24) is 4.90 Å². The second kappa shape index (κ2) is 6.73. The molecule has 2 rings (SSSR count). The molecule has 82 valence electrons. The summed E-state index contributed by atoms with van der Waals surface area (Å²) in [7, 11) is 2.10. The lowest BCUT2D eigenvalue weighted by Gasteiger charge is -2.05. The molecular weight excluding hydrogens is 412 g/mol. The van der Waals surface area contributed by atoms with E-state index in [0.717, 1.165) is 13.0 Å². The molecule has 0 spiro atoms. The molecule has 0 radical (unpaired) electrons. The third kappa shape index (κ3) is 4.30. The number of hydrogen-bond acceptors (Lipinski definition) is 1. The quantitative estimate of drug-likeness (QED) is 0.561. The number of allylic oxidation sites excluding steroid dienone is 5. The zero-order valence-corrected chi connectivity index (χ0v) is 13.3. The number of likely N-dealkylation sites (N-methyl/N-ethyl adjacent to an activating group) is 1. The van der Waals surface area contributed by atoms with Gasteiger partial charge in [0.05, 0.1) is 0 Å². The Hall–Kier alpha value is 0.220. The van der Waals surface area contributed by atoms with E-state index < -0.39 is 0 Å². The highest BCUT2D eigenvalue weighted by Crippen LogP contribution is 2.22. The monoisotopic (exact) mass is 427 g/mol. The van der Waals surface area contributed by atoms with Gasteiger partial charge in [0.1, 0.15) is 0 Å². The minimum absolute atomic E-state index is 1.05. The summed E-state index contributed by atoms with van der Waals surface area (Å²) in [4.78, 5) is 2.20.